The lowest BCUT2D eigenvalue weighted by molar-refractivity contribution is -0.447. The van der Waals surface area contributed by atoms with Crippen LogP contribution in [0.3, 0.4) is 0 Å². The quantitative estimate of drug-likeness (QED) is 0.320. The standard InChI is InChI=1S/C16H16F2N2O2S2/c1-2-20(21)11-13-15(12-7-4-3-5-8-12)19-16(23-13)24(22)10-6-9-14(17)18/h3-5,7-9,11H,2,6,10H2,1H3/b20-11-. The minimum absolute atomic E-state index is 0.0108. The summed E-state index contributed by atoms with van der Waals surface area (Å²) in [5, 5.41) is 11.7. The molecule has 0 radical (unpaired) electrons. The molecule has 128 valence electrons. The van der Waals surface area contributed by atoms with Gasteiger partial charge in [0.2, 0.25) is 0 Å². The van der Waals surface area contributed by atoms with Crippen molar-refractivity contribution in [3.8, 4) is 11.3 Å². The number of hydroxylamine groups is 1. The van der Waals surface area contributed by atoms with E-state index in [1.54, 1.807) is 6.92 Å². The summed E-state index contributed by atoms with van der Waals surface area (Å²) in [4.78, 5) is 4.98. The van der Waals surface area contributed by atoms with Crippen molar-refractivity contribution < 1.29 is 17.7 Å². The highest BCUT2D eigenvalue weighted by molar-refractivity contribution is 7.87. The van der Waals surface area contributed by atoms with Crippen LogP contribution >= 0.6 is 11.3 Å². The molecular formula is C16H16F2N2O2S2. The number of hydrogen-bond donors (Lipinski definition) is 0. The molecule has 0 saturated heterocycles. The van der Waals surface area contributed by atoms with Crippen LogP contribution in [-0.4, -0.2) is 32.4 Å². The number of halogens is 2. The van der Waals surface area contributed by atoms with E-state index >= 15 is 0 Å². The number of thiazole rings is 1. The van der Waals surface area contributed by atoms with E-state index in [1.165, 1.54) is 6.21 Å². The Labute approximate surface area is 145 Å². The van der Waals surface area contributed by atoms with Crippen molar-refractivity contribution in [3.63, 3.8) is 0 Å². The van der Waals surface area contributed by atoms with Crippen molar-refractivity contribution in [2.24, 2.45) is 0 Å². The van der Waals surface area contributed by atoms with Gasteiger partial charge < -0.3 is 5.21 Å². The fourth-order valence-corrected chi connectivity index (χ4v) is 4.23. The SMILES string of the molecule is CC/[N+]([O-])=C/c1sc(S(=O)CCC=C(F)F)nc1-c1ccccc1. The maximum absolute atomic E-state index is 12.3. The molecule has 1 aromatic carbocycles. The number of nitrogens with zero attached hydrogens (tertiary/aromatic N) is 2. The summed E-state index contributed by atoms with van der Waals surface area (Å²) in [5.74, 6) is 0.0629. The predicted octanol–water partition coefficient (Wildman–Crippen LogP) is 4.04. The normalized spacial score (nSPS) is 12.9. The fraction of sp³-hybridized carbons (Fsp3) is 0.250. The van der Waals surface area contributed by atoms with E-state index in [4.69, 9.17) is 0 Å². The maximum Gasteiger partial charge on any atom is 0.266 e. The van der Waals surface area contributed by atoms with Crippen molar-refractivity contribution in [1.82, 2.24) is 4.98 Å². The monoisotopic (exact) mass is 370 g/mol. The third kappa shape index (κ3) is 5.04. The minimum atomic E-state index is -1.78. The van der Waals surface area contributed by atoms with Gasteiger partial charge in [-0.2, -0.15) is 8.78 Å². The largest absolute Gasteiger partial charge is 0.624 e. The first-order valence-corrected chi connectivity index (χ1v) is 9.39. The fourth-order valence-electron chi connectivity index (χ4n) is 1.88. The van der Waals surface area contributed by atoms with Crippen LogP contribution in [0.5, 0.6) is 0 Å². The third-order valence-electron chi connectivity index (χ3n) is 3.05. The molecule has 0 bridgehead atoms. The van der Waals surface area contributed by atoms with Crippen LogP contribution in [0.2, 0.25) is 0 Å². The molecule has 2 rings (SSSR count). The van der Waals surface area contributed by atoms with Gasteiger partial charge in [-0.15, -0.1) is 0 Å². The highest BCUT2D eigenvalue weighted by Gasteiger charge is 2.17. The molecular weight excluding hydrogens is 354 g/mol. The summed E-state index contributed by atoms with van der Waals surface area (Å²) in [6.07, 6.45) is 0.390. The third-order valence-corrected chi connectivity index (χ3v) is 5.73. The molecule has 0 amide bonds. The zero-order valence-corrected chi connectivity index (χ0v) is 14.6. The molecule has 0 saturated carbocycles. The van der Waals surface area contributed by atoms with Crippen molar-refractivity contribution in [3.05, 3.63) is 52.6 Å². The van der Waals surface area contributed by atoms with E-state index in [0.717, 1.165) is 27.7 Å². The Morgan fingerprint density at radius 2 is 2.08 bits per heavy atom. The molecule has 0 aliphatic rings. The van der Waals surface area contributed by atoms with E-state index in [2.05, 4.69) is 4.98 Å². The molecule has 24 heavy (non-hydrogen) atoms. The Bertz CT molecular complexity index is 770. The summed E-state index contributed by atoms with van der Waals surface area (Å²) in [6, 6.07) is 9.25. The molecule has 4 nitrogen and oxygen atoms in total. The number of allylic oxidation sites excluding steroid dienone is 1. The van der Waals surface area contributed by atoms with Crippen LogP contribution in [-0.2, 0) is 10.8 Å². The zero-order chi connectivity index (χ0) is 17.5. The molecule has 1 unspecified atom stereocenters. The Morgan fingerprint density at radius 1 is 1.38 bits per heavy atom. The van der Waals surface area contributed by atoms with Crippen molar-refractivity contribution >= 4 is 28.4 Å². The van der Waals surface area contributed by atoms with Gasteiger partial charge in [0, 0.05) is 11.3 Å². The van der Waals surface area contributed by atoms with E-state index in [-0.39, 0.29) is 18.7 Å². The van der Waals surface area contributed by atoms with Crippen molar-refractivity contribution in [1.29, 1.82) is 0 Å². The second-order valence-corrected chi connectivity index (χ2v) is 7.53. The molecule has 1 heterocycles. The van der Waals surface area contributed by atoms with Crippen molar-refractivity contribution in [2.45, 2.75) is 17.7 Å². The summed E-state index contributed by atoms with van der Waals surface area (Å²) in [6.45, 7) is 2.01. The smallest absolute Gasteiger partial charge is 0.266 e. The van der Waals surface area contributed by atoms with Crippen LogP contribution in [0, 0.1) is 5.21 Å². The molecule has 0 aliphatic heterocycles. The summed E-state index contributed by atoms with van der Waals surface area (Å²) in [5.41, 5.74) is 1.38. The summed E-state index contributed by atoms with van der Waals surface area (Å²) >= 11 is 1.15. The van der Waals surface area contributed by atoms with Gasteiger partial charge >= 0.3 is 0 Å². The maximum atomic E-state index is 12.3. The number of rotatable bonds is 7. The number of aromatic nitrogens is 1. The van der Waals surface area contributed by atoms with Gasteiger partial charge in [-0.25, -0.2) is 9.72 Å². The van der Waals surface area contributed by atoms with Crippen LogP contribution in [0.1, 0.15) is 18.2 Å². The average molecular weight is 370 g/mol. The van der Waals surface area contributed by atoms with Crippen molar-refractivity contribution in [2.75, 3.05) is 12.3 Å². The van der Waals surface area contributed by atoms with E-state index in [0.29, 0.717) is 14.9 Å². The summed E-state index contributed by atoms with van der Waals surface area (Å²) < 4.78 is 37.5. The first-order valence-electron chi connectivity index (χ1n) is 7.25. The highest BCUT2D eigenvalue weighted by atomic mass is 32.2. The van der Waals surface area contributed by atoms with Gasteiger partial charge in [0.25, 0.3) is 6.08 Å². The second kappa shape index (κ2) is 8.79. The molecule has 0 fully saturated rings. The zero-order valence-electron chi connectivity index (χ0n) is 12.9. The van der Waals surface area contributed by atoms with Crippen LogP contribution in [0.15, 0.2) is 46.8 Å². The van der Waals surface area contributed by atoms with E-state index < -0.39 is 16.9 Å². The Balaban J connectivity index is 2.34. The molecule has 0 N–H and O–H groups in total. The minimum Gasteiger partial charge on any atom is -0.624 e. The lowest BCUT2D eigenvalue weighted by Gasteiger charge is -2.00. The predicted molar refractivity (Wildman–Crippen MR) is 93.1 cm³/mol. The van der Waals surface area contributed by atoms with Crippen LogP contribution in [0.4, 0.5) is 8.78 Å². The van der Waals surface area contributed by atoms with Crippen LogP contribution in [0.25, 0.3) is 11.3 Å². The molecule has 1 aromatic heterocycles. The number of hydrogen-bond acceptors (Lipinski definition) is 4. The van der Waals surface area contributed by atoms with Gasteiger partial charge in [-0.1, -0.05) is 41.7 Å². The highest BCUT2D eigenvalue weighted by Crippen LogP contribution is 2.29. The van der Waals surface area contributed by atoms with Gasteiger partial charge in [0.1, 0.15) is 4.88 Å². The Morgan fingerprint density at radius 3 is 2.71 bits per heavy atom. The molecule has 1 atom stereocenters. The lowest BCUT2D eigenvalue weighted by Crippen LogP contribution is -2.03. The molecule has 8 heteroatoms. The first kappa shape index (κ1) is 18.4. The lowest BCUT2D eigenvalue weighted by atomic mass is 10.1. The van der Waals surface area contributed by atoms with E-state index in [1.807, 2.05) is 30.3 Å². The van der Waals surface area contributed by atoms with Gasteiger partial charge in [0.15, 0.2) is 17.1 Å². The topological polar surface area (TPSA) is 56.0 Å². The Hall–Kier alpha value is -1.93. The Kier molecular flexibility index (Phi) is 6.74. The van der Waals surface area contributed by atoms with Crippen LogP contribution < -0.4 is 0 Å². The van der Waals surface area contributed by atoms with Gasteiger partial charge in [0.05, 0.1) is 16.5 Å². The first-order chi connectivity index (χ1) is 11.5. The molecule has 2 aromatic rings. The summed E-state index contributed by atoms with van der Waals surface area (Å²) in [7, 11) is -1.49. The molecule has 0 aliphatic carbocycles. The van der Waals surface area contributed by atoms with Gasteiger partial charge in [-0.05, 0) is 19.4 Å². The second-order valence-electron chi connectivity index (χ2n) is 4.75. The van der Waals surface area contributed by atoms with E-state index in [9.17, 15) is 18.2 Å². The molecule has 0 spiro atoms. The van der Waals surface area contributed by atoms with Gasteiger partial charge in [-0.3, -0.25) is 4.21 Å². The average Bonchev–Trinajstić information content (AvgIpc) is 2.99. The number of benzene rings is 1.